The molecule has 0 bridgehead atoms. The van der Waals surface area contributed by atoms with Crippen molar-refractivity contribution in [3.63, 3.8) is 0 Å². The minimum atomic E-state index is 0. The van der Waals surface area contributed by atoms with E-state index in [0.717, 1.165) is 0 Å². The van der Waals surface area contributed by atoms with Gasteiger partial charge in [0, 0.05) is 0 Å². The third kappa shape index (κ3) is 2.76. The zero-order valence-corrected chi connectivity index (χ0v) is 8.55. The van der Waals surface area contributed by atoms with Crippen LogP contribution in [0.1, 0.15) is 39.5 Å². The average Bonchev–Trinajstić information content (AvgIpc) is 2.30. The lowest BCUT2D eigenvalue weighted by Gasteiger charge is -2.35. The fraction of sp³-hybridized carbons (Fsp3) is 1.00. The summed E-state index contributed by atoms with van der Waals surface area (Å²) in [5.74, 6) is 0. The summed E-state index contributed by atoms with van der Waals surface area (Å²) in [7, 11) is 0. The Hall–Kier alpha value is -0.0800. The number of nitrogens with zero attached hydrogens (tertiary/aromatic N) is 1. The van der Waals surface area contributed by atoms with Crippen molar-refractivity contribution >= 4 is 0 Å². The maximum atomic E-state index is 2.34. The van der Waals surface area contributed by atoms with Gasteiger partial charge < -0.3 is 9.96 Å². The molecule has 0 atom stereocenters. The van der Waals surface area contributed by atoms with Gasteiger partial charge in [-0.05, 0) is 39.5 Å². The van der Waals surface area contributed by atoms with Gasteiger partial charge >= 0.3 is 0 Å². The third-order valence-corrected chi connectivity index (χ3v) is 3.36. The van der Waals surface area contributed by atoms with Gasteiger partial charge in [-0.3, -0.25) is 0 Å². The van der Waals surface area contributed by atoms with Crippen LogP contribution in [0.2, 0.25) is 0 Å². The fourth-order valence-corrected chi connectivity index (χ4v) is 2.22. The van der Waals surface area contributed by atoms with Crippen LogP contribution in [-0.4, -0.2) is 36.1 Å². The summed E-state index contributed by atoms with van der Waals surface area (Å²) >= 11 is 0. The number of likely N-dealkylation sites (tertiary alicyclic amines) is 1. The van der Waals surface area contributed by atoms with E-state index in [4.69, 9.17) is 0 Å². The van der Waals surface area contributed by atoms with Crippen molar-refractivity contribution in [2.24, 2.45) is 0 Å². The van der Waals surface area contributed by atoms with Crippen molar-refractivity contribution in [1.29, 1.82) is 0 Å². The molecule has 0 radical (unpaired) electrons. The summed E-state index contributed by atoms with van der Waals surface area (Å²) in [5.41, 5.74) is 0. The van der Waals surface area contributed by atoms with E-state index >= 15 is 0 Å². The predicted molar refractivity (Wildman–Crippen MR) is 51.5 cm³/mol. The van der Waals surface area contributed by atoms with Crippen LogP contribution in [0.5, 0.6) is 0 Å². The maximum absolute atomic E-state index is 2.34. The van der Waals surface area contributed by atoms with Crippen LogP contribution in [0.15, 0.2) is 0 Å². The smallest absolute Gasteiger partial charge is 0.0786 e. The molecule has 0 amide bonds. The topological polar surface area (TPSA) is 30.0 Å². The molecule has 0 unspecified atom stereocenters. The van der Waals surface area contributed by atoms with E-state index in [1.165, 1.54) is 56.3 Å². The highest BCUT2D eigenvalue weighted by Crippen LogP contribution is 2.17. The van der Waals surface area contributed by atoms with E-state index in [-0.39, 0.29) is 5.48 Å². The van der Waals surface area contributed by atoms with Crippen molar-refractivity contribution < 1.29 is 9.96 Å². The Morgan fingerprint density at radius 3 is 1.58 bits per heavy atom. The molecule has 2 heteroatoms. The Morgan fingerprint density at radius 1 is 0.833 bits per heavy atom. The molecule has 0 aromatic heterocycles. The van der Waals surface area contributed by atoms with Crippen LogP contribution in [0, 0.1) is 0 Å². The molecular formula is C10H23NO. The lowest BCUT2D eigenvalue weighted by atomic mass is 10.2. The van der Waals surface area contributed by atoms with Gasteiger partial charge in [-0.15, -0.1) is 0 Å². The molecule has 74 valence electrons. The van der Waals surface area contributed by atoms with Gasteiger partial charge in [0.05, 0.1) is 26.2 Å². The van der Waals surface area contributed by atoms with Gasteiger partial charge in [0.25, 0.3) is 0 Å². The number of hydrogen-bond donors (Lipinski definition) is 0. The van der Waals surface area contributed by atoms with Gasteiger partial charge in [0.1, 0.15) is 0 Å². The molecule has 0 saturated carbocycles. The first-order valence-corrected chi connectivity index (χ1v) is 5.18. The van der Waals surface area contributed by atoms with Crippen molar-refractivity contribution in [1.82, 2.24) is 0 Å². The monoisotopic (exact) mass is 173 g/mol. The van der Waals surface area contributed by atoms with Crippen molar-refractivity contribution in [3.8, 4) is 0 Å². The second-order valence-electron chi connectivity index (χ2n) is 3.84. The quantitative estimate of drug-likeness (QED) is 0.589. The van der Waals surface area contributed by atoms with Crippen LogP contribution in [0.25, 0.3) is 0 Å². The van der Waals surface area contributed by atoms with Gasteiger partial charge in [0.2, 0.25) is 0 Å². The highest BCUT2D eigenvalue weighted by molar-refractivity contribution is 4.51. The first-order chi connectivity index (χ1) is 5.33. The van der Waals surface area contributed by atoms with E-state index < -0.39 is 0 Å². The molecule has 0 aromatic carbocycles. The summed E-state index contributed by atoms with van der Waals surface area (Å²) < 4.78 is 1.39. The second-order valence-corrected chi connectivity index (χ2v) is 3.84. The van der Waals surface area contributed by atoms with Gasteiger partial charge in [-0.2, -0.15) is 0 Å². The van der Waals surface area contributed by atoms with Crippen LogP contribution >= 0.6 is 0 Å². The van der Waals surface area contributed by atoms with Crippen LogP contribution in [-0.2, 0) is 0 Å². The van der Waals surface area contributed by atoms with Crippen LogP contribution in [0.4, 0.5) is 0 Å². The fourth-order valence-electron chi connectivity index (χ4n) is 2.22. The summed E-state index contributed by atoms with van der Waals surface area (Å²) in [5, 5.41) is 0. The number of quaternary nitrogens is 1. The molecule has 1 saturated heterocycles. The summed E-state index contributed by atoms with van der Waals surface area (Å²) in [6.45, 7) is 10.2. The Balaban J connectivity index is 0.00000121. The molecule has 1 rings (SSSR count). The Bertz CT molecular complexity index is 100. The minimum absolute atomic E-state index is 0. The van der Waals surface area contributed by atoms with Crippen molar-refractivity contribution in [2.75, 3.05) is 26.2 Å². The molecule has 1 heterocycles. The first-order valence-electron chi connectivity index (χ1n) is 5.18. The molecule has 0 spiro atoms. The lowest BCUT2D eigenvalue weighted by molar-refractivity contribution is -0.924. The SMILES string of the molecule is CC[N+]1(CC)CCCCCC1.[OH-]. The Kier molecular flexibility index (Phi) is 5.51. The van der Waals surface area contributed by atoms with E-state index in [2.05, 4.69) is 13.8 Å². The third-order valence-electron chi connectivity index (χ3n) is 3.36. The number of hydrogen-bond acceptors (Lipinski definition) is 1. The molecule has 1 aliphatic heterocycles. The highest BCUT2D eigenvalue weighted by atomic mass is 16.0. The van der Waals surface area contributed by atoms with E-state index in [1.807, 2.05) is 0 Å². The van der Waals surface area contributed by atoms with Crippen LogP contribution < -0.4 is 0 Å². The average molecular weight is 173 g/mol. The predicted octanol–water partition coefficient (Wildman–Crippen LogP) is 2.24. The van der Waals surface area contributed by atoms with Crippen molar-refractivity contribution in [2.45, 2.75) is 39.5 Å². The molecule has 1 N–H and O–H groups in total. The van der Waals surface area contributed by atoms with Gasteiger partial charge in [0.15, 0.2) is 0 Å². The minimum Gasteiger partial charge on any atom is -0.870 e. The molecule has 2 nitrogen and oxygen atoms in total. The summed E-state index contributed by atoms with van der Waals surface area (Å²) in [6, 6.07) is 0. The van der Waals surface area contributed by atoms with E-state index in [1.54, 1.807) is 0 Å². The molecule has 0 aromatic rings. The van der Waals surface area contributed by atoms with Gasteiger partial charge in [-0.1, -0.05) is 0 Å². The normalized spacial score (nSPS) is 22.5. The van der Waals surface area contributed by atoms with Crippen LogP contribution in [0.3, 0.4) is 0 Å². The van der Waals surface area contributed by atoms with Gasteiger partial charge in [-0.25, -0.2) is 0 Å². The standard InChI is InChI=1S/C10H22N.H2O/c1-3-11(4-2)9-7-5-6-8-10-11;/h3-10H2,1-2H3;1H2/q+1;/p-1. The zero-order chi connectivity index (χ0) is 8.16. The Morgan fingerprint density at radius 2 is 1.25 bits per heavy atom. The second kappa shape index (κ2) is 5.55. The molecule has 1 aliphatic rings. The Labute approximate surface area is 76.5 Å². The molecular weight excluding hydrogens is 150 g/mol. The zero-order valence-electron chi connectivity index (χ0n) is 8.55. The largest absolute Gasteiger partial charge is 0.870 e. The highest BCUT2D eigenvalue weighted by Gasteiger charge is 2.23. The maximum Gasteiger partial charge on any atom is 0.0786 e. The molecule has 1 fully saturated rings. The molecule has 0 aliphatic carbocycles. The summed E-state index contributed by atoms with van der Waals surface area (Å²) in [6.07, 6.45) is 5.86. The van der Waals surface area contributed by atoms with E-state index in [9.17, 15) is 0 Å². The molecule has 12 heavy (non-hydrogen) atoms. The first kappa shape index (κ1) is 11.9. The van der Waals surface area contributed by atoms with E-state index in [0.29, 0.717) is 0 Å². The van der Waals surface area contributed by atoms with Crippen molar-refractivity contribution in [3.05, 3.63) is 0 Å². The summed E-state index contributed by atoms with van der Waals surface area (Å²) in [4.78, 5) is 0. The lowest BCUT2D eigenvalue weighted by Crippen LogP contribution is -2.48. The number of rotatable bonds is 2.